The largest absolute Gasteiger partial charge is 0.481 e. The van der Waals surface area contributed by atoms with Crippen LogP contribution in [-0.4, -0.2) is 43.0 Å². The summed E-state index contributed by atoms with van der Waals surface area (Å²) in [6.07, 6.45) is 3.71. The van der Waals surface area contributed by atoms with Crippen LogP contribution in [0.3, 0.4) is 0 Å². The molecule has 8 heteroatoms. The molecule has 0 saturated carbocycles. The fraction of sp³-hybridized carbons (Fsp3) is 0.500. The Hall–Kier alpha value is -2.64. The molecular weight excluding hydrogens is 306 g/mol. The van der Waals surface area contributed by atoms with Gasteiger partial charge in [-0.25, -0.2) is 9.67 Å². The highest BCUT2D eigenvalue weighted by Crippen LogP contribution is 2.41. The van der Waals surface area contributed by atoms with Crippen molar-refractivity contribution < 1.29 is 4.74 Å². The second kappa shape index (κ2) is 5.47. The van der Waals surface area contributed by atoms with Gasteiger partial charge in [0, 0.05) is 25.4 Å². The number of fused-ring (bicyclic) bond motifs is 1. The third-order valence-electron chi connectivity index (χ3n) is 4.65. The Morgan fingerprint density at radius 1 is 1.29 bits per heavy atom. The summed E-state index contributed by atoms with van der Waals surface area (Å²) in [6.45, 7) is 4.98. The smallest absolute Gasteiger partial charge is 0.254 e. The summed E-state index contributed by atoms with van der Waals surface area (Å²) < 4.78 is 9.24. The molecule has 1 unspecified atom stereocenters. The van der Waals surface area contributed by atoms with E-state index < -0.39 is 0 Å². The molecule has 3 aromatic heterocycles. The van der Waals surface area contributed by atoms with Crippen molar-refractivity contribution in [3.05, 3.63) is 29.3 Å². The number of hydrogen-bond donors (Lipinski definition) is 0. The third kappa shape index (κ3) is 2.13. The van der Waals surface area contributed by atoms with E-state index in [1.165, 1.54) is 0 Å². The molecule has 0 N–H and O–H groups in total. The molecule has 1 aliphatic heterocycles. The lowest BCUT2D eigenvalue weighted by Crippen LogP contribution is -2.26. The molecule has 0 radical (unpaired) electrons. The Balaban J connectivity index is 1.85. The Kier molecular flexibility index (Phi) is 3.40. The summed E-state index contributed by atoms with van der Waals surface area (Å²) in [4.78, 5) is 11.0. The number of methoxy groups -OCH3 is 1. The maximum atomic E-state index is 5.62. The number of anilines is 1. The number of hydrogen-bond acceptors (Lipinski definition) is 6. The van der Waals surface area contributed by atoms with E-state index in [4.69, 9.17) is 4.74 Å². The van der Waals surface area contributed by atoms with E-state index in [0.717, 1.165) is 48.0 Å². The highest BCUT2D eigenvalue weighted by Gasteiger charge is 2.33. The van der Waals surface area contributed by atoms with E-state index in [2.05, 4.69) is 31.1 Å². The molecule has 126 valence electrons. The quantitative estimate of drug-likeness (QED) is 0.731. The van der Waals surface area contributed by atoms with Crippen molar-refractivity contribution in [2.24, 2.45) is 7.05 Å². The number of ether oxygens (including phenoxy) is 1. The first-order valence-corrected chi connectivity index (χ1v) is 8.11. The fourth-order valence-electron chi connectivity index (χ4n) is 3.74. The lowest BCUT2D eigenvalue weighted by molar-refractivity contribution is 0.366. The van der Waals surface area contributed by atoms with Crippen LogP contribution in [0.2, 0.25) is 0 Å². The van der Waals surface area contributed by atoms with Crippen molar-refractivity contribution >= 4 is 11.6 Å². The first-order valence-electron chi connectivity index (χ1n) is 8.11. The van der Waals surface area contributed by atoms with E-state index in [0.29, 0.717) is 5.78 Å². The zero-order chi connectivity index (χ0) is 16.8. The lowest BCUT2D eigenvalue weighted by Gasteiger charge is -2.27. The second-order valence-electron chi connectivity index (χ2n) is 6.21. The number of aryl methyl sites for hydroxylation is 3. The minimum Gasteiger partial charge on any atom is -0.481 e. The van der Waals surface area contributed by atoms with Crippen LogP contribution in [0, 0.1) is 13.8 Å². The maximum absolute atomic E-state index is 5.62. The second-order valence-corrected chi connectivity index (χ2v) is 6.21. The van der Waals surface area contributed by atoms with Crippen molar-refractivity contribution in [1.82, 2.24) is 29.4 Å². The van der Waals surface area contributed by atoms with Gasteiger partial charge in [0.15, 0.2) is 0 Å². The standard InChI is InChI=1S/C16H21N7O/c1-10-8-13(23-16(19-10)17-9-18-23)22-7-5-6-12(22)14-11(2)20-21(3)15(14)24-4/h8-9,12H,5-7H2,1-4H3. The molecule has 1 fully saturated rings. The minimum absolute atomic E-state index is 0.211. The van der Waals surface area contributed by atoms with Crippen molar-refractivity contribution in [2.45, 2.75) is 32.7 Å². The molecule has 0 amide bonds. The summed E-state index contributed by atoms with van der Waals surface area (Å²) >= 11 is 0. The molecule has 4 rings (SSSR count). The van der Waals surface area contributed by atoms with Crippen molar-refractivity contribution in [2.75, 3.05) is 18.6 Å². The van der Waals surface area contributed by atoms with Crippen molar-refractivity contribution in [3.8, 4) is 5.88 Å². The molecule has 4 heterocycles. The summed E-state index contributed by atoms with van der Waals surface area (Å²) in [5.41, 5.74) is 3.10. The number of nitrogens with zero attached hydrogens (tertiary/aromatic N) is 7. The van der Waals surface area contributed by atoms with Crippen molar-refractivity contribution in [3.63, 3.8) is 0 Å². The highest BCUT2D eigenvalue weighted by molar-refractivity contribution is 5.52. The van der Waals surface area contributed by atoms with Gasteiger partial charge in [0.2, 0.25) is 5.88 Å². The van der Waals surface area contributed by atoms with Gasteiger partial charge in [-0.15, -0.1) is 0 Å². The van der Waals surface area contributed by atoms with E-state index in [1.807, 2.05) is 30.1 Å². The SMILES string of the molecule is COc1c(C2CCCN2c2cc(C)nc3ncnn23)c(C)nn1C. The molecule has 0 spiro atoms. The highest BCUT2D eigenvalue weighted by atomic mass is 16.5. The van der Waals surface area contributed by atoms with Gasteiger partial charge in [-0.2, -0.15) is 19.7 Å². The number of aromatic nitrogens is 6. The third-order valence-corrected chi connectivity index (χ3v) is 4.65. The van der Waals surface area contributed by atoms with E-state index in [-0.39, 0.29) is 6.04 Å². The average molecular weight is 327 g/mol. The monoisotopic (exact) mass is 327 g/mol. The molecule has 8 nitrogen and oxygen atoms in total. The van der Waals surface area contributed by atoms with Crippen LogP contribution in [0.4, 0.5) is 5.82 Å². The lowest BCUT2D eigenvalue weighted by atomic mass is 10.0. The summed E-state index contributed by atoms with van der Waals surface area (Å²) in [7, 11) is 3.62. The van der Waals surface area contributed by atoms with Crippen LogP contribution < -0.4 is 9.64 Å². The Morgan fingerprint density at radius 3 is 2.92 bits per heavy atom. The Morgan fingerprint density at radius 2 is 2.12 bits per heavy atom. The van der Waals surface area contributed by atoms with Crippen LogP contribution >= 0.6 is 0 Å². The topological polar surface area (TPSA) is 73.4 Å². The molecule has 0 aromatic carbocycles. The first kappa shape index (κ1) is 14.9. The van der Waals surface area contributed by atoms with Crippen LogP contribution in [0.25, 0.3) is 5.78 Å². The molecule has 24 heavy (non-hydrogen) atoms. The van der Waals surface area contributed by atoms with Crippen LogP contribution in [0.5, 0.6) is 5.88 Å². The van der Waals surface area contributed by atoms with Gasteiger partial charge in [-0.1, -0.05) is 0 Å². The Labute approximate surface area is 140 Å². The van der Waals surface area contributed by atoms with Gasteiger partial charge in [0.1, 0.15) is 12.1 Å². The maximum Gasteiger partial charge on any atom is 0.254 e. The molecule has 0 aliphatic carbocycles. The van der Waals surface area contributed by atoms with Crippen molar-refractivity contribution in [1.29, 1.82) is 0 Å². The number of rotatable bonds is 3. The molecule has 1 atom stereocenters. The van der Waals surface area contributed by atoms with E-state index in [1.54, 1.807) is 13.4 Å². The minimum atomic E-state index is 0.211. The van der Waals surface area contributed by atoms with Gasteiger partial charge in [-0.05, 0) is 26.7 Å². The zero-order valence-electron chi connectivity index (χ0n) is 14.4. The Bertz CT molecular complexity index is 897. The predicted molar refractivity (Wildman–Crippen MR) is 89.3 cm³/mol. The molecule has 1 saturated heterocycles. The van der Waals surface area contributed by atoms with Gasteiger partial charge >= 0.3 is 0 Å². The predicted octanol–water partition coefficient (Wildman–Crippen LogP) is 1.82. The van der Waals surface area contributed by atoms with Crippen LogP contribution in [-0.2, 0) is 7.05 Å². The average Bonchev–Trinajstić information content (AvgIpc) is 3.24. The molecule has 1 aliphatic rings. The van der Waals surface area contributed by atoms with E-state index in [9.17, 15) is 0 Å². The van der Waals surface area contributed by atoms with Gasteiger partial charge in [-0.3, -0.25) is 0 Å². The van der Waals surface area contributed by atoms with E-state index >= 15 is 0 Å². The van der Waals surface area contributed by atoms with Gasteiger partial charge in [0.05, 0.1) is 24.4 Å². The first-order chi connectivity index (χ1) is 11.6. The zero-order valence-corrected chi connectivity index (χ0v) is 14.4. The molecular formula is C16H21N7O. The summed E-state index contributed by atoms with van der Waals surface area (Å²) in [5.74, 6) is 2.47. The normalized spacial score (nSPS) is 17.8. The summed E-state index contributed by atoms with van der Waals surface area (Å²) in [6, 6.07) is 2.28. The molecule has 3 aromatic rings. The van der Waals surface area contributed by atoms with Gasteiger partial charge < -0.3 is 9.64 Å². The van der Waals surface area contributed by atoms with Crippen LogP contribution in [0.1, 0.15) is 35.8 Å². The van der Waals surface area contributed by atoms with Crippen LogP contribution in [0.15, 0.2) is 12.4 Å². The van der Waals surface area contributed by atoms with Gasteiger partial charge in [0.25, 0.3) is 5.78 Å². The fourth-order valence-corrected chi connectivity index (χ4v) is 3.74. The summed E-state index contributed by atoms with van der Waals surface area (Å²) in [5, 5.41) is 8.89. The molecule has 0 bridgehead atoms.